The molecule has 0 fully saturated rings. The lowest BCUT2D eigenvalue weighted by Gasteiger charge is -2.17. The van der Waals surface area contributed by atoms with Gasteiger partial charge < -0.3 is 4.55 Å². The Hall–Kier alpha value is -1.39. The van der Waals surface area contributed by atoms with Crippen LogP contribution in [-0.2, 0) is 11.4 Å². The third-order valence-electron chi connectivity index (χ3n) is 2.49. The van der Waals surface area contributed by atoms with Gasteiger partial charge in [0.25, 0.3) is 0 Å². The smallest absolute Gasteiger partial charge is 0.144 e. The van der Waals surface area contributed by atoms with Gasteiger partial charge in [-0.3, -0.25) is 4.98 Å². The SMILES string of the molecule is CC(C)(C)[S+]([O-])N=Cc1ccnc2ccccc12. The Morgan fingerprint density at radius 2 is 1.94 bits per heavy atom. The van der Waals surface area contributed by atoms with Gasteiger partial charge in [0.15, 0.2) is 0 Å². The lowest BCUT2D eigenvalue weighted by molar-refractivity contribution is 0.562. The van der Waals surface area contributed by atoms with Crippen LogP contribution in [0.15, 0.2) is 40.9 Å². The zero-order valence-electron chi connectivity index (χ0n) is 10.8. The molecule has 0 saturated carbocycles. The maximum absolute atomic E-state index is 11.9. The fourth-order valence-corrected chi connectivity index (χ4v) is 2.02. The molecule has 0 saturated heterocycles. The molecule has 0 amide bonds. The number of nitrogens with zero attached hydrogens (tertiary/aromatic N) is 2. The van der Waals surface area contributed by atoms with Gasteiger partial charge in [0.05, 0.1) is 11.7 Å². The first kappa shape index (κ1) is 13.1. The summed E-state index contributed by atoms with van der Waals surface area (Å²) in [5.74, 6) is 0. The van der Waals surface area contributed by atoms with Crippen LogP contribution in [0.25, 0.3) is 10.9 Å². The number of para-hydroxylation sites is 1. The highest BCUT2D eigenvalue weighted by Gasteiger charge is 2.25. The van der Waals surface area contributed by atoms with E-state index in [0.29, 0.717) is 0 Å². The zero-order chi connectivity index (χ0) is 13.2. The molecule has 18 heavy (non-hydrogen) atoms. The predicted molar refractivity (Wildman–Crippen MR) is 77.2 cm³/mol. The highest BCUT2D eigenvalue weighted by molar-refractivity contribution is 7.91. The van der Waals surface area contributed by atoms with Crippen LogP contribution in [0.2, 0.25) is 0 Å². The van der Waals surface area contributed by atoms with Crippen LogP contribution in [0.4, 0.5) is 0 Å². The van der Waals surface area contributed by atoms with Crippen LogP contribution >= 0.6 is 0 Å². The predicted octanol–water partition coefficient (Wildman–Crippen LogP) is 3.12. The monoisotopic (exact) mass is 260 g/mol. The van der Waals surface area contributed by atoms with Crippen LogP contribution in [-0.4, -0.2) is 20.5 Å². The Morgan fingerprint density at radius 1 is 1.22 bits per heavy atom. The van der Waals surface area contributed by atoms with E-state index in [-0.39, 0.29) is 4.75 Å². The van der Waals surface area contributed by atoms with Gasteiger partial charge in [-0.1, -0.05) is 22.6 Å². The summed E-state index contributed by atoms with van der Waals surface area (Å²) >= 11 is -1.23. The molecule has 0 aliphatic heterocycles. The van der Waals surface area contributed by atoms with E-state index in [1.165, 1.54) is 0 Å². The van der Waals surface area contributed by atoms with Crippen molar-refractivity contribution in [1.29, 1.82) is 0 Å². The summed E-state index contributed by atoms with van der Waals surface area (Å²) in [4.78, 5) is 4.28. The topological polar surface area (TPSA) is 48.3 Å². The minimum Gasteiger partial charge on any atom is -0.591 e. The van der Waals surface area contributed by atoms with E-state index in [1.54, 1.807) is 12.4 Å². The lowest BCUT2D eigenvalue weighted by Crippen LogP contribution is -2.25. The number of rotatable bonds is 2. The van der Waals surface area contributed by atoms with E-state index in [0.717, 1.165) is 16.5 Å². The Morgan fingerprint density at radius 3 is 2.67 bits per heavy atom. The van der Waals surface area contributed by atoms with Crippen LogP contribution in [0.3, 0.4) is 0 Å². The van der Waals surface area contributed by atoms with Gasteiger partial charge in [0, 0.05) is 17.1 Å². The number of fused-ring (bicyclic) bond motifs is 1. The fourth-order valence-electron chi connectivity index (χ4n) is 1.49. The molecule has 2 aromatic rings. The van der Waals surface area contributed by atoms with E-state index >= 15 is 0 Å². The third kappa shape index (κ3) is 2.89. The van der Waals surface area contributed by atoms with E-state index in [1.807, 2.05) is 51.1 Å². The summed E-state index contributed by atoms with van der Waals surface area (Å²) in [6.07, 6.45) is 3.41. The average molecular weight is 260 g/mol. The van der Waals surface area contributed by atoms with Crippen molar-refractivity contribution in [3.8, 4) is 0 Å². The molecule has 94 valence electrons. The number of hydrogen-bond donors (Lipinski definition) is 0. The van der Waals surface area contributed by atoms with Gasteiger partial charge in [0.1, 0.15) is 16.1 Å². The molecule has 0 aliphatic carbocycles. The van der Waals surface area contributed by atoms with Gasteiger partial charge in [-0.05, 0) is 32.9 Å². The van der Waals surface area contributed by atoms with E-state index in [4.69, 9.17) is 0 Å². The Balaban J connectivity index is 2.35. The third-order valence-corrected chi connectivity index (χ3v) is 3.84. The molecule has 1 aromatic carbocycles. The molecule has 0 N–H and O–H groups in total. The fraction of sp³-hybridized carbons (Fsp3) is 0.286. The molecule has 1 unspecified atom stereocenters. The average Bonchev–Trinajstić information content (AvgIpc) is 2.34. The molecule has 1 atom stereocenters. The minimum absolute atomic E-state index is 0.334. The van der Waals surface area contributed by atoms with Gasteiger partial charge >= 0.3 is 0 Å². The van der Waals surface area contributed by atoms with Crippen molar-refractivity contribution in [2.75, 3.05) is 0 Å². The van der Waals surface area contributed by atoms with Crippen LogP contribution < -0.4 is 0 Å². The molecule has 0 spiro atoms. The lowest BCUT2D eigenvalue weighted by atomic mass is 10.1. The van der Waals surface area contributed by atoms with E-state index in [9.17, 15) is 4.55 Å². The standard InChI is InChI=1S/C14H16N2OS/c1-14(2,3)18(17)16-10-11-8-9-15-13-7-5-4-6-12(11)13/h4-10H,1-3H3. The quantitative estimate of drug-likeness (QED) is 0.615. The second-order valence-electron chi connectivity index (χ2n) is 5.01. The maximum atomic E-state index is 11.9. The van der Waals surface area contributed by atoms with Crippen molar-refractivity contribution in [3.63, 3.8) is 0 Å². The number of hydrogen-bond acceptors (Lipinski definition) is 3. The summed E-state index contributed by atoms with van der Waals surface area (Å²) in [6, 6.07) is 9.73. The van der Waals surface area contributed by atoms with E-state index < -0.39 is 11.4 Å². The van der Waals surface area contributed by atoms with Crippen LogP contribution in [0, 0.1) is 0 Å². The summed E-state index contributed by atoms with van der Waals surface area (Å²) in [6.45, 7) is 5.72. The van der Waals surface area contributed by atoms with Gasteiger partial charge in [-0.2, -0.15) is 0 Å². The van der Waals surface area contributed by atoms with Crippen molar-refractivity contribution < 1.29 is 4.55 Å². The van der Waals surface area contributed by atoms with Crippen molar-refractivity contribution in [1.82, 2.24) is 4.98 Å². The summed E-state index contributed by atoms with van der Waals surface area (Å²) < 4.78 is 15.7. The minimum atomic E-state index is -1.23. The molecular weight excluding hydrogens is 244 g/mol. The van der Waals surface area contributed by atoms with Gasteiger partial charge in [-0.15, -0.1) is 0 Å². The maximum Gasteiger partial charge on any atom is 0.144 e. The van der Waals surface area contributed by atoms with Crippen molar-refractivity contribution >= 4 is 28.5 Å². The summed E-state index contributed by atoms with van der Waals surface area (Å²) in [5.41, 5.74) is 1.86. The Bertz CT molecular complexity index is 570. The molecular formula is C14H16N2OS. The molecule has 0 aliphatic rings. The van der Waals surface area contributed by atoms with Crippen molar-refractivity contribution in [2.24, 2.45) is 4.40 Å². The molecule has 1 heterocycles. The highest BCUT2D eigenvalue weighted by Crippen LogP contribution is 2.18. The molecule has 0 radical (unpaired) electrons. The van der Waals surface area contributed by atoms with Gasteiger partial charge in [-0.25, -0.2) is 0 Å². The largest absolute Gasteiger partial charge is 0.591 e. The zero-order valence-corrected chi connectivity index (χ0v) is 11.6. The van der Waals surface area contributed by atoms with E-state index in [2.05, 4.69) is 9.38 Å². The van der Waals surface area contributed by atoms with Crippen molar-refractivity contribution in [3.05, 3.63) is 42.1 Å². The number of benzene rings is 1. The first-order chi connectivity index (χ1) is 8.48. The molecule has 0 bridgehead atoms. The first-order valence-corrected chi connectivity index (χ1v) is 6.89. The first-order valence-electron chi connectivity index (χ1n) is 5.78. The highest BCUT2D eigenvalue weighted by atomic mass is 32.2. The van der Waals surface area contributed by atoms with Gasteiger partial charge in [0.2, 0.25) is 0 Å². The summed E-state index contributed by atoms with van der Waals surface area (Å²) in [5, 5.41) is 1.02. The summed E-state index contributed by atoms with van der Waals surface area (Å²) in [7, 11) is 0. The second-order valence-corrected chi connectivity index (χ2v) is 6.95. The van der Waals surface area contributed by atoms with Crippen molar-refractivity contribution in [2.45, 2.75) is 25.5 Å². The molecule has 3 nitrogen and oxygen atoms in total. The second kappa shape index (κ2) is 5.08. The molecule has 4 heteroatoms. The molecule has 2 rings (SSSR count). The Labute approximate surface area is 110 Å². The molecule has 1 aromatic heterocycles. The van der Waals surface area contributed by atoms with Crippen LogP contribution in [0.1, 0.15) is 26.3 Å². The Kier molecular flexibility index (Phi) is 3.68. The van der Waals surface area contributed by atoms with Crippen LogP contribution in [0.5, 0.6) is 0 Å². The number of aromatic nitrogens is 1. The number of pyridine rings is 1. The normalized spacial score (nSPS) is 14.2.